The number of hydrogen-bond donors (Lipinski definition) is 2. The fraction of sp³-hybridized carbons (Fsp3) is 0.211. The average Bonchev–Trinajstić information content (AvgIpc) is 2.86. The molecule has 28 heavy (non-hydrogen) atoms. The number of benzene rings is 2. The van der Waals surface area contributed by atoms with Crippen molar-refractivity contribution in [1.82, 2.24) is 10.2 Å². The van der Waals surface area contributed by atoms with E-state index in [1.54, 1.807) is 43.3 Å². The first-order valence-electron chi connectivity index (χ1n) is 8.29. The molecule has 4 amide bonds. The molecule has 1 saturated heterocycles. The van der Waals surface area contributed by atoms with Gasteiger partial charge in [-0.25, -0.2) is 4.79 Å². The Hall–Kier alpha value is -2.77. The van der Waals surface area contributed by atoms with E-state index in [0.29, 0.717) is 27.0 Å². The Bertz CT molecular complexity index is 966. The number of nitrogens with zero attached hydrogens (tertiary/aromatic N) is 1. The number of methoxy groups -OCH3 is 1. The van der Waals surface area contributed by atoms with Crippen molar-refractivity contribution < 1.29 is 19.1 Å². The van der Waals surface area contributed by atoms with Gasteiger partial charge in [0, 0.05) is 16.3 Å². The first-order valence-corrected chi connectivity index (χ1v) is 9.04. The molecular formula is C19H17Cl2N3O4. The molecule has 0 bridgehead atoms. The number of nitrogens with one attached hydrogen (secondary N) is 2. The molecule has 2 N–H and O–H groups in total. The molecule has 1 fully saturated rings. The second-order valence-electron chi connectivity index (χ2n) is 6.32. The monoisotopic (exact) mass is 421 g/mol. The van der Waals surface area contributed by atoms with Crippen LogP contribution < -0.4 is 15.4 Å². The van der Waals surface area contributed by atoms with Crippen molar-refractivity contribution in [3.63, 3.8) is 0 Å². The van der Waals surface area contributed by atoms with Crippen molar-refractivity contribution in [2.24, 2.45) is 0 Å². The van der Waals surface area contributed by atoms with E-state index in [4.69, 9.17) is 27.9 Å². The molecule has 7 nitrogen and oxygen atoms in total. The van der Waals surface area contributed by atoms with Crippen LogP contribution in [0.3, 0.4) is 0 Å². The maximum absolute atomic E-state index is 12.9. The van der Waals surface area contributed by atoms with Crippen molar-refractivity contribution in [2.75, 3.05) is 19.0 Å². The van der Waals surface area contributed by atoms with Crippen molar-refractivity contribution in [3.8, 4) is 5.75 Å². The summed E-state index contributed by atoms with van der Waals surface area (Å²) in [6.45, 7) is 1.10. The maximum Gasteiger partial charge on any atom is 0.325 e. The number of carbonyl (C=O) groups is 3. The fourth-order valence-electron chi connectivity index (χ4n) is 2.98. The molecule has 146 valence electrons. The van der Waals surface area contributed by atoms with Gasteiger partial charge in [-0.3, -0.25) is 14.5 Å². The van der Waals surface area contributed by atoms with Gasteiger partial charge in [-0.2, -0.15) is 0 Å². The van der Waals surface area contributed by atoms with Crippen LogP contribution in [0.25, 0.3) is 0 Å². The molecule has 2 aromatic rings. The quantitative estimate of drug-likeness (QED) is 0.723. The summed E-state index contributed by atoms with van der Waals surface area (Å²) in [5.41, 5.74) is -0.476. The highest BCUT2D eigenvalue weighted by atomic mass is 35.5. The Balaban J connectivity index is 1.75. The van der Waals surface area contributed by atoms with Gasteiger partial charge in [-0.05, 0) is 31.2 Å². The molecule has 1 atom stereocenters. The van der Waals surface area contributed by atoms with Gasteiger partial charge in [0.2, 0.25) is 5.91 Å². The van der Waals surface area contributed by atoms with E-state index in [1.807, 2.05) is 0 Å². The summed E-state index contributed by atoms with van der Waals surface area (Å²) in [5, 5.41) is 5.88. The molecule has 0 spiro atoms. The van der Waals surface area contributed by atoms with Gasteiger partial charge in [0.05, 0.1) is 12.1 Å². The number of rotatable bonds is 5. The molecular weight excluding hydrogens is 405 g/mol. The molecule has 0 radical (unpaired) electrons. The smallest absolute Gasteiger partial charge is 0.325 e. The van der Waals surface area contributed by atoms with Gasteiger partial charge < -0.3 is 15.4 Å². The number of urea groups is 1. The molecule has 0 aromatic heterocycles. The Morgan fingerprint density at radius 2 is 1.89 bits per heavy atom. The summed E-state index contributed by atoms with van der Waals surface area (Å²) in [5.74, 6) is -0.647. The van der Waals surface area contributed by atoms with Crippen LogP contribution in [0.1, 0.15) is 12.5 Å². The van der Waals surface area contributed by atoms with E-state index in [1.165, 1.54) is 13.2 Å². The van der Waals surface area contributed by atoms with Gasteiger partial charge in [-0.1, -0.05) is 41.4 Å². The Morgan fingerprint density at radius 3 is 2.54 bits per heavy atom. The van der Waals surface area contributed by atoms with E-state index in [-0.39, 0.29) is 0 Å². The lowest BCUT2D eigenvalue weighted by Crippen LogP contribution is -2.42. The third kappa shape index (κ3) is 3.63. The third-order valence-electron chi connectivity index (χ3n) is 4.42. The summed E-state index contributed by atoms with van der Waals surface area (Å²) >= 11 is 12.2. The fourth-order valence-corrected chi connectivity index (χ4v) is 3.56. The molecule has 0 saturated carbocycles. The summed E-state index contributed by atoms with van der Waals surface area (Å²) < 4.78 is 5.05. The van der Waals surface area contributed by atoms with Crippen LogP contribution in [0, 0.1) is 0 Å². The molecule has 0 aliphatic carbocycles. The lowest BCUT2D eigenvalue weighted by atomic mass is 9.92. The molecule has 3 rings (SSSR count). The summed E-state index contributed by atoms with van der Waals surface area (Å²) in [7, 11) is 1.48. The van der Waals surface area contributed by atoms with Crippen LogP contribution in [-0.2, 0) is 15.1 Å². The molecule has 9 heteroatoms. The van der Waals surface area contributed by atoms with E-state index in [2.05, 4.69) is 10.6 Å². The number of amides is 4. The molecule has 2 aromatic carbocycles. The Kier molecular flexibility index (Phi) is 5.49. The van der Waals surface area contributed by atoms with Gasteiger partial charge in [0.25, 0.3) is 5.91 Å². The van der Waals surface area contributed by atoms with Crippen LogP contribution in [-0.4, -0.2) is 36.4 Å². The van der Waals surface area contributed by atoms with E-state index in [0.717, 1.165) is 4.90 Å². The van der Waals surface area contributed by atoms with Crippen LogP contribution in [0.4, 0.5) is 10.5 Å². The number of halogens is 2. The molecule has 1 heterocycles. The summed E-state index contributed by atoms with van der Waals surface area (Å²) in [6, 6.07) is 10.8. The zero-order valence-electron chi connectivity index (χ0n) is 15.1. The van der Waals surface area contributed by atoms with Crippen LogP contribution in [0.5, 0.6) is 5.75 Å². The van der Waals surface area contributed by atoms with E-state index >= 15 is 0 Å². The number of anilines is 1. The standard InChI is InChI=1S/C19H17Cl2N3O4/c1-19(12-5-3-4-6-13(12)20)17(26)24(18(27)23-19)10-16(25)22-11-7-8-15(28-2)14(21)9-11/h3-9H,10H2,1-2H3,(H,22,25)(H,23,27). The van der Waals surface area contributed by atoms with Crippen molar-refractivity contribution in [1.29, 1.82) is 0 Å². The molecule has 1 aliphatic heterocycles. The normalized spacial score (nSPS) is 18.8. The highest BCUT2D eigenvalue weighted by Crippen LogP contribution is 2.33. The second kappa shape index (κ2) is 7.69. The predicted octanol–water partition coefficient (Wildman–Crippen LogP) is 3.41. The van der Waals surface area contributed by atoms with Crippen LogP contribution in [0.15, 0.2) is 42.5 Å². The first kappa shape index (κ1) is 20.0. The maximum atomic E-state index is 12.9. The topological polar surface area (TPSA) is 87.7 Å². The summed E-state index contributed by atoms with van der Waals surface area (Å²) in [6.07, 6.45) is 0. The lowest BCUT2D eigenvalue weighted by Gasteiger charge is -2.23. The lowest BCUT2D eigenvalue weighted by molar-refractivity contribution is -0.133. The summed E-state index contributed by atoms with van der Waals surface area (Å²) in [4.78, 5) is 38.4. The Morgan fingerprint density at radius 1 is 1.18 bits per heavy atom. The number of carbonyl (C=O) groups excluding carboxylic acids is 3. The zero-order chi connectivity index (χ0) is 20.5. The SMILES string of the molecule is COc1ccc(NC(=O)CN2C(=O)NC(C)(c3ccccc3Cl)C2=O)cc1Cl. The third-order valence-corrected chi connectivity index (χ3v) is 5.05. The Labute approximate surface area is 171 Å². The highest BCUT2D eigenvalue weighted by Gasteiger charge is 2.50. The molecule has 1 unspecified atom stereocenters. The van der Waals surface area contributed by atoms with Crippen molar-refractivity contribution in [2.45, 2.75) is 12.5 Å². The number of hydrogen-bond acceptors (Lipinski definition) is 4. The first-order chi connectivity index (χ1) is 13.3. The van der Waals surface area contributed by atoms with Gasteiger partial charge in [0.15, 0.2) is 0 Å². The largest absolute Gasteiger partial charge is 0.495 e. The average molecular weight is 422 g/mol. The molecule has 1 aliphatic rings. The number of imide groups is 1. The highest BCUT2D eigenvalue weighted by molar-refractivity contribution is 6.32. The van der Waals surface area contributed by atoms with Crippen molar-refractivity contribution in [3.05, 3.63) is 58.1 Å². The van der Waals surface area contributed by atoms with Gasteiger partial charge in [-0.15, -0.1) is 0 Å². The minimum atomic E-state index is -1.35. The zero-order valence-corrected chi connectivity index (χ0v) is 16.6. The van der Waals surface area contributed by atoms with Gasteiger partial charge in [0.1, 0.15) is 17.8 Å². The van der Waals surface area contributed by atoms with Crippen LogP contribution in [0.2, 0.25) is 10.0 Å². The van der Waals surface area contributed by atoms with E-state index < -0.39 is 29.9 Å². The predicted molar refractivity (Wildman–Crippen MR) is 106 cm³/mol. The van der Waals surface area contributed by atoms with Gasteiger partial charge >= 0.3 is 6.03 Å². The minimum Gasteiger partial charge on any atom is -0.495 e. The number of ether oxygens (including phenoxy) is 1. The second-order valence-corrected chi connectivity index (χ2v) is 7.14. The van der Waals surface area contributed by atoms with Crippen LogP contribution >= 0.6 is 23.2 Å². The van der Waals surface area contributed by atoms with E-state index in [9.17, 15) is 14.4 Å². The minimum absolute atomic E-state index is 0.321. The van der Waals surface area contributed by atoms with Crippen molar-refractivity contribution >= 4 is 46.7 Å².